The number of halogens is 1. The van der Waals surface area contributed by atoms with Gasteiger partial charge in [0.05, 0.1) is 17.5 Å². The lowest BCUT2D eigenvalue weighted by Crippen LogP contribution is -2.41. The molecule has 0 aliphatic heterocycles. The van der Waals surface area contributed by atoms with Crippen LogP contribution in [-0.4, -0.2) is 35.0 Å². The van der Waals surface area contributed by atoms with Crippen molar-refractivity contribution in [3.8, 4) is 5.88 Å². The van der Waals surface area contributed by atoms with Crippen LogP contribution in [0.25, 0.3) is 0 Å². The van der Waals surface area contributed by atoms with Crippen molar-refractivity contribution >= 4 is 17.4 Å². The Labute approximate surface area is 120 Å². The summed E-state index contributed by atoms with van der Waals surface area (Å²) < 4.78 is 5.53. The summed E-state index contributed by atoms with van der Waals surface area (Å²) >= 11 is 6.46. The van der Waals surface area contributed by atoms with E-state index in [0.717, 1.165) is 24.2 Å². The molecule has 2 atom stereocenters. The van der Waals surface area contributed by atoms with Crippen molar-refractivity contribution in [3.63, 3.8) is 0 Å². The third-order valence-electron chi connectivity index (χ3n) is 3.77. The molecule has 2 unspecified atom stereocenters. The number of aromatic nitrogens is 2. The van der Waals surface area contributed by atoms with Crippen LogP contribution in [0.4, 0.5) is 5.82 Å². The smallest absolute Gasteiger partial charge is 0.221 e. The molecular weight excluding hydrogens is 262 g/mol. The third kappa shape index (κ3) is 3.11. The van der Waals surface area contributed by atoms with Gasteiger partial charge in [-0.25, -0.2) is 9.97 Å². The highest BCUT2D eigenvalue weighted by atomic mass is 35.5. The van der Waals surface area contributed by atoms with Crippen LogP contribution in [0.3, 0.4) is 0 Å². The molecule has 1 saturated carbocycles. The molecular formula is C14H22ClN3O. The molecule has 4 nitrogen and oxygen atoms in total. The number of nitrogens with zero attached hydrogens (tertiary/aromatic N) is 3. The Bertz CT molecular complexity index is 427. The molecule has 0 aromatic carbocycles. The Morgan fingerprint density at radius 2 is 2.11 bits per heavy atom. The van der Waals surface area contributed by atoms with Crippen molar-refractivity contribution in [2.45, 2.75) is 50.9 Å². The number of anilines is 1. The second-order valence-electron chi connectivity index (χ2n) is 5.04. The summed E-state index contributed by atoms with van der Waals surface area (Å²) in [4.78, 5) is 10.8. The molecule has 0 saturated heterocycles. The van der Waals surface area contributed by atoms with Crippen molar-refractivity contribution in [1.29, 1.82) is 0 Å². The second-order valence-corrected chi connectivity index (χ2v) is 5.60. The van der Waals surface area contributed by atoms with Crippen LogP contribution >= 0.6 is 11.6 Å². The van der Waals surface area contributed by atoms with Crippen LogP contribution in [0, 0.1) is 6.92 Å². The number of ether oxygens (including phenoxy) is 1. The zero-order chi connectivity index (χ0) is 13.8. The summed E-state index contributed by atoms with van der Waals surface area (Å²) in [6, 6.07) is 0.346. The van der Waals surface area contributed by atoms with Crippen LogP contribution in [0.1, 0.15) is 38.2 Å². The van der Waals surface area contributed by atoms with Crippen molar-refractivity contribution in [2.75, 3.05) is 18.6 Å². The lowest BCUT2D eigenvalue weighted by molar-refractivity contribution is 0.323. The minimum atomic E-state index is 0.198. The Morgan fingerprint density at radius 1 is 1.37 bits per heavy atom. The number of hydrogen-bond donors (Lipinski definition) is 0. The van der Waals surface area contributed by atoms with Crippen molar-refractivity contribution in [3.05, 3.63) is 11.9 Å². The molecule has 0 amide bonds. The standard InChI is InChI=1S/C14H22ClN3O/c1-4-19-14-10(2)13(16-9-17-14)18(3)12-8-6-5-7-11(12)15/h9,11-12H,4-8H2,1-3H3. The summed E-state index contributed by atoms with van der Waals surface area (Å²) in [5, 5.41) is 0.198. The molecule has 0 N–H and O–H groups in total. The SMILES string of the molecule is CCOc1ncnc(N(C)C2CCCCC2Cl)c1C. The lowest BCUT2D eigenvalue weighted by atomic mass is 9.94. The van der Waals surface area contributed by atoms with Crippen molar-refractivity contribution < 1.29 is 4.74 Å². The van der Waals surface area contributed by atoms with E-state index in [4.69, 9.17) is 16.3 Å². The largest absolute Gasteiger partial charge is 0.478 e. The number of rotatable bonds is 4. The van der Waals surface area contributed by atoms with E-state index in [1.807, 2.05) is 13.8 Å². The van der Waals surface area contributed by atoms with Gasteiger partial charge in [0.25, 0.3) is 0 Å². The molecule has 0 radical (unpaired) electrons. The minimum Gasteiger partial charge on any atom is -0.478 e. The first-order valence-corrected chi connectivity index (χ1v) is 7.40. The van der Waals surface area contributed by atoms with Gasteiger partial charge in [0.2, 0.25) is 5.88 Å². The molecule has 19 heavy (non-hydrogen) atoms. The molecule has 1 aliphatic rings. The van der Waals surface area contributed by atoms with E-state index in [1.54, 1.807) is 6.33 Å². The number of alkyl halides is 1. The Balaban J connectivity index is 2.22. The van der Waals surface area contributed by atoms with Crippen LogP contribution in [-0.2, 0) is 0 Å². The van der Waals surface area contributed by atoms with Gasteiger partial charge in [-0.1, -0.05) is 12.8 Å². The fraction of sp³-hybridized carbons (Fsp3) is 0.714. The van der Waals surface area contributed by atoms with E-state index in [0.29, 0.717) is 18.5 Å². The quantitative estimate of drug-likeness (QED) is 0.796. The molecule has 2 rings (SSSR count). The maximum atomic E-state index is 6.46. The van der Waals surface area contributed by atoms with E-state index < -0.39 is 0 Å². The molecule has 1 heterocycles. The Hall–Kier alpha value is -1.03. The van der Waals surface area contributed by atoms with E-state index >= 15 is 0 Å². The summed E-state index contributed by atoms with van der Waals surface area (Å²) in [5.74, 6) is 1.59. The first-order valence-electron chi connectivity index (χ1n) is 6.96. The molecule has 1 aromatic rings. The van der Waals surface area contributed by atoms with Gasteiger partial charge in [-0.2, -0.15) is 0 Å². The van der Waals surface area contributed by atoms with Crippen LogP contribution in [0.2, 0.25) is 0 Å². The highest BCUT2D eigenvalue weighted by molar-refractivity contribution is 6.21. The lowest BCUT2D eigenvalue weighted by Gasteiger charge is -2.36. The average Bonchev–Trinajstić information content (AvgIpc) is 2.41. The van der Waals surface area contributed by atoms with Crippen LogP contribution in [0.15, 0.2) is 6.33 Å². The van der Waals surface area contributed by atoms with E-state index in [1.165, 1.54) is 12.8 Å². The van der Waals surface area contributed by atoms with Gasteiger partial charge in [0.1, 0.15) is 12.1 Å². The van der Waals surface area contributed by atoms with E-state index in [-0.39, 0.29) is 5.38 Å². The van der Waals surface area contributed by atoms with Gasteiger partial charge >= 0.3 is 0 Å². The minimum absolute atomic E-state index is 0.198. The topological polar surface area (TPSA) is 38.3 Å². The van der Waals surface area contributed by atoms with Crippen molar-refractivity contribution in [2.24, 2.45) is 0 Å². The van der Waals surface area contributed by atoms with Gasteiger partial charge < -0.3 is 9.64 Å². The van der Waals surface area contributed by atoms with E-state index in [9.17, 15) is 0 Å². The predicted octanol–water partition coefficient (Wildman–Crippen LogP) is 3.17. The average molecular weight is 284 g/mol. The van der Waals surface area contributed by atoms with Gasteiger partial charge in [-0.15, -0.1) is 11.6 Å². The summed E-state index contributed by atoms with van der Waals surface area (Å²) in [6.07, 6.45) is 6.24. The summed E-state index contributed by atoms with van der Waals surface area (Å²) in [7, 11) is 2.07. The van der Waals surface area contributed by atoms with Crippen molar-refractivity contribution in [1.82, 2.24) is 9.97 Å². The monoisotopic (exact) mass is 283 g/mol. The molecule has 106 valence electrons. The second kappa shape index (κ2) is 6.42. The fourth-order valence-corrected chi connectivity index (χ4v) is 3.17. The maximum Gasteiger partial charge on any atom is 0.221 e. The molecule has 1 aromatic heterocycles. The maximum absolute atomic E-state index is 6.46. The molecule has 0 spiro atoms. The Morgan fingerprint density at radius 3 is 2.79 bits per heavy atom. The fourth-order valence-electron chi connectivity index (χ4n) is 2.72. The van der Waals surface area contributed by atoms with Crippen LogP contribution < -0.4 is 9.64 Å². The predicted molar refractivity (Wildman–Crippen MR) is 78.2 cm³/mol. The first-order chi connectivity index (χ1) is 9.15. The number of hydrogen-bond acceptors (Lipinski definition) is 4. The van der Waals surface area contributed by atoms with Gasteiger partial charge in [-0.05, 0) is 26.7 Å². The van der Waals surface area contributed by atoms with Gasteiger partial charge in [0.15, 0.2) is 0 Å². The molecule has 1 fully saturated rings. The van der Waals surface area contributed by atoms with Crippen LogP contribution in [0.5, 0.6) is 5.88 Å². The first kappa shape index (κ1) is 14.4. The highest BCUT2D eigenvalue weighted by Gasteiger charge is 2.28. The molecule has 1 aliphatic carbocycles. The molecule has 0 bridgehead atoms. The molecule has 5 heteroatoms. The van der Waals surface area contributed by atoms with Gasteiger partial charge in [-0.3, -0.25) is 0 Å². The highest BCUT2D eigenvalue weighted by Crippen LogP contribution is 2.31. The summed E-state index contributed by atoms with van der Waals surface area (Å²) in [5.41, 5.74) is 0.987. The normalized spacial score (nSPS) is 23.2. The zero-order valence-electron chi connectivity index (χ0n) is 11.9. The third-order valence-corrected chi connectivity index (χ3v) is 4.28. The summed E-state index contributed by atoms with van der Waals surface area (Å²) in [6.45, 7) is 4.58. The van der Waals surface area contributed by atoms with Gasteiger partial charge in [0, 0.05) is 13.1 Å². The zero-order valence-corrected chi connectivity index (χ0v) is 12.7. The Kier molecular flexibility index (Phi) is 4.86. The van der Waals surface area contributed by atoms with E-state index in [2.05, 4.69) is 21.9 Å².